The number of piperidine rings is 1. The van der Waals surface area contributed by atoms with E-state index < -0.39 is 6.10 Å². The summed E-state index contributed by atoms with van der Waals surface area (Å²) in [5.41, 5.74) is 3.98. The number of aliphatic hydroxyl groups is 1. The van der Waals surface area contributed by atoms with Crippen molar-refractivity contribution in [3.63, 3.8) is 0 Å². The fourth-order valence-electron chi connectivity index (χ4n) is 4.14. The van der Waals surface area contributed by atoms with Crippen LogP contribution in [0.5, 0.6) is 0 Å². The van der Waals surface area contributed by atoms with E-state index in [9.17, 15) is 14.7 Å². The van der Waals surface area contributed by atoms with Gasteiger partial charge in [-0.15, -0.1) is 0 Å². The summed E-state index contributed by atoms with van der Waals surface area (Å²) >= 11 is 0. The van der Waals surface area contributed by atoms with Crippen molar-refractivity contribution in [1.82, 2.24) is 10.3 Å². The maximum absolute atomic E-state index is 12.5. The topological polar surface area (TPSA) is 91.8 Å². The molecular weight excluding hydrogens is 370 g/mol. The average molecular weight is 395 g/mol. The highest BCUT2D eigenvalue weighted by atomic mass is 16.5. The second-order valence-electron chi connectivity index (χ2n) is 7.64. The van der Waals surface area contributed by atoms with E-state index in [1.165, 1.54) is 0 Å². The molecule has 2 aliphatic heterocycles. The molecule has 2 aliphatic rings. The number of nitrogens with zero attached hydrogens (tertiary/aromatic N) is 2. The minimum atomic E-state index is -0.909. The number of esters is 1. The summed E-state index contributed by atoms with van der Waals surface area (Å²) in [7, 11) is 0. The van der Waals surface area contributed by atoms with Gasteiger partial charge in [-0.05, 0) is 49.1 Å². The van der Waals surface area contributed by atoms with Gasteiger partial charge in [-0.2, -0.15) is 0 Å². The van der Waals surface area contributed by atoms with Crippen LogP contribution in [0.1, 0.15) is 52.4 Å². The molecule has 4 rings (SSSR count). The second kappa shape index (κ2) is 8.21. The van der Waals surface area contributed by atoms with Gasteiger partial charge in [-0.3, -0.25) is 9.78 Å². The van der Waals surface area contributed by atoms with E-state index in [0.29, 0.717) is 11.1 Å². The molecule has 1 atom stereocenters. The Morgan fingerprint density at radius 3 is 2.72 bits per heavy atom. The first-order chi connectivity index (χ1) is 14.0. The third-order valence-corrected chi connectivity index (χ3v) is 5.83. The fourth-order valence-corrected chi connectivity index (χ4v) is 4.14. The molecule has 0 spiro atoms. The third kappa shape index (κ3) is 4.10. The molecule has 2 aromatic rings. The Labute approximate surface area is 169 Å². The number of pyridine rings is 1. The van der Waals surface area contributed by atoms with Crippen molar-refractivity contribution in [2.75, 3.05) is 18.0 Å². The van der Waals surface area contributed by atoms with Gasteiger partial charge in [0.2, 0.25) is 5.91 Å². The van der Waals surface area contributed by atoms with Crippen LogP contribution in [0.15, 0.2) is 36.7 Å². The Morgan fingerprint density at radius 1 is 1.28 bits per heavy atom. The minimum Gasteiger partial charge on any atom is -0.457 e. The molecule has 0 saturated carbocycles. The summed E-state index contributed by atoms with van der Waals surface area (Å²) in [5, 5.41) is 13.6. The maximum atomic E-state index is 12.5. The highest BCUT2D eigenvalue weighted by Crippen LogP contribution is 2.30. The molecule has 0 radical (unpaired) electrons. The molecule has 1 fully saturated rings. The van der Waals surface area contributed by atoms with Crippen molar-refractivity contribution in [2.24, 2.45) is 0 Å². The zero-order chi connectivity index (χ0) is 20.4. The predicted molar refractivity (Wildman–Crippen MR) is 107 cm³/mol. The van der Waals surface area contributed by atoms with Gasteiger partial charge in [0.1, 0.15) is 6.61 Å². The number of amides is 1. The molecule has 2 N–H and O–H groups in total. The number of hydrogen-bond acceptors (Lipinski definition) is 6. The Balaban J connectivity index is 1.31. The van der Waals surface area contributed by atoms with Crippen LogP contribution in [0.25, 0.3) is 0 Å². The molecule has 29 heavy (non-hydrogen) atoms. The highest BCUT2D eigenvalue weighted by Gasteiger charge is 2.27. The number of fused-ring (bicyclic) bond motifs is 1. The molecule has 0 bridgehead atoms. The summed E-state index contributed by atoms with van der Waals surface area (Å²) in [5.74, 6) is -0.493. The van der Waals surface area contributed by atoms with E-state index in [4.69, 9.17) is 4.74 Å². The number of rotatable bonds is 5. The van der Waals surface area contributed by atoms with E-state index in [0.717, 1.165) is 42.7 Å². The van der Waals surface area contributed by atoms with E-state index in [-0.39, 0.29) is 30.9 Å². The van der Waals surface area contributed by atoms with E-state index in [1.807, 2.05) is 19.1 Å². The lowest BCUT2D eigenvalue weighted by molar-refractivity contribution is -0.123. The van der Waals surface area contributed by atoms with Gasteiger partial charge in [0.15, 0.2) is 0 Å². The number of carbonyl (C=O) groups excluding carboxylic acids is 2. The number of anilines is 1. The van der Waals surface area contributed by atoms with Gasteiger partial charge in [-0.25, -0.2) is 4.79 Å². The first-order valence-corrected chi connectivity index (χ1v) is 9.95. The molecular formula is C22H25N3O4. The minimum absolute atomic E-state index is 0.000993. The summed E-state index contributed by atoms with van der Waals surface area (Å²) in [4.78, 5) is 30.5. The molecule has 1 aromatic carbocycles. The SMILES string of the molecule is Cc1c([C@H](O)CC(=O)NC2CCN(c3ccncc3)CC2)ccc2c1COC2=O. The normalized spacial score (nSPS) is 17.6. The molecule has 7 heteroatoms. The number of hydrogen-bond donors (Lipinski definition) is 2. The molecule has 0 aliphatic carbocycles. The van der Waals surface area contributed by atoms with Crippen LogP contribution in [-0.2, 0) is 16.1 Å². The summed E-state index contributed by atoms with van der Waals surface area (Å²) in [6.07, 6.45) is 4.39. The van der Waals surface area contributed by atoms with E-state index in [1.54, 1.807) is 24.5 Å². The predicted octanol–water partition coefficient (Wildman–Crippen LogP) is 2.27. The highest BCUT2D eigenvalue weighted by molar-refractivity contribution is 5.94. The van der Waals surface area contributed by atoms with Gasteiger partial charge in [-0.1, -0.05) is 6.07 Å². The summed E-state index contributed by atoms with van der Waals surface area (Å²) in [6, 6.07) is 7.48. The van der Waals surface area contributed by atoms with Crippen molar-refractivity contribution in [2.45, 2.75) is 44.9 Å². The third-order valence-electron chi connectivity index (χ3n) is 5.83. The van der Waals surface area contributed by atoms with Crippen molar-refractivity contribution in [3.05, 3.63) is 58.9 Å². The number of aliphatic hydroxyl groups excluding tert-OH is 1. The molecule has 3 heterocycles. The van der Waals surface area contributed by atoms with Crippen LogP contribution in [0.2, 0.25) is 0 Å². The summed E-state index contributed by atoms with van der Waals surface area (Å²) in [6.45, 7) is 3.82. The van der Waals surface area contributed by atoms with Gasteiger partial charge >= 0.3 is 5.97 Å². The zero-order valence-electron chi connectivity index (χ0n) is 16.4. The largest absolute Gasteiger partial charge is 0.457 e. The van der Waals surface area contributed by atoms with Crippen molar-refractivity contribution >= 4 is 17.6 Å². The lowest BCUT2D eigenvalue weighted by Crippen LogP contribution is -2.45. The van der Waals surface area contributed by atoms with Crippen LogP contribution in [-0.4, -0.2) is 41.1 Å². The van der Waals surface area contributed by atoms with Crippen LogP contribution in [0.4, 0.5) is 5.69 Å². The number of benzene rings is 1. The molecule has 1 aromatic heterocycles. The first-order valence-electron chi connectivity index (χ1n) is 9.95. The maximum Gasteiger partial charge on any atom is 0.338 e. The van der Waals surface area contributed by atoms with Crippen molar-refractivity contribution < 1.29 is 19.4 Å². The van der Waals surface area contributed by atoms with Gasteiger partial charge in [0.25, 0.3) is 0 Å². The van der Waals surface area contributed by atoms with E-state index in [2.05, 4.69) is 15.2 Å². The quantitative estimate of drug-likeness (QED) is 0.755. The van der Waals surface area contributed by atoms with Crippen LogP contribution < -0.4 is 10.2 Å². The lowest BCUT2D eigenvalue weighted by Gasteiger charge is -2.34. The van der Waals surface area contributed by atoms with E-state index >= 15 is 0 Å². The zero-order valence-corrected chi connectivity index (χ0v) is 16.4. The number of nitrogens with one attached hydrogen (secondary N) is 1. The van der Waals surface area contributed by atoms with Crippen molar-refractivity contribution in [1.29, 1.82) is 0 Å². The standard InChI is InChI=1S/C22H25N3O4/c1-14-17(2-3-18-19(14)13-29-22(18)28)20(26)12-21(27)24-15-6-10-25(11-7-15)16-4-8-23-9-5-16/h2-5,8-9,15,20,26H,6-7,10-13H2,1H3,(H,24,27)/t20-/m1/s1. The second-order valence-corrected chi connectivity index (χ2v) is 7.64. The Morgan fingerprint density at radius 2 is 2.00 bits per heavy atom. The lowest BCUT2D eigenvalue weighted by atomic mass is 9.94. The fraction of sp³-hybridized carbons (Fsp3) is 0.409. The molecule has 7 nitrogen and oxygen atoms in total. The van der Waals surface area contributed by atoms with Crippen LogP contribution >= 0.6 is 0 Å². The Bertz CT molecular complexity index is 908. The van der Waals surface area contributed by atoms with Gasteiger partial charge in [0.05, 0.1) is 18.1 Å². The van der Waals surface area contributed by atoms with Gasteiger partial charge in [0, 0.05) is 42.8 Å². The van der Waals surface area contributed by atoms with Crippen LogP contribution in [0.3, 0.4) is 0 Å². The number of cyclic esters (lactones) is 1. The van der Waals surface area contributed by atoms with Crippen molar-refractivity contribution in [3.8, 4) is 0 Å². The first kappa shape index (κ1) is 19.4. The van der Waals surface area contributed by atoms with Gasteiger partial charge < -0.3 is 20.1 Å². The molecule has 152 valence electrons. The summed E-state index contributed by atoms with van der Waals surface area (Å²) < 4.78 is 5.05. The molecule has 0 unspecified atom stereocenters. The molecule has 1 saturated heterocycles. The monoisotopic (exact) mass is 395 g/mol. The number of carbonyl (C=O) groups is 2. The smallest absolute Gasteiger partial charge is 0.338 e. The average Bonchev–Trinajstić information content (AvgIpc) is 3.11. The molecule has 1 amide bonds. The number of aromatic nitrogens is 1. The Hall–Kier alpha value is -2.93. The van der Waals surface area contributed by atoms with Crippen LogP contribution in [0, 0.1) is 6.92 Å². The number of ether oxygens (including phenoxy) is 1. The Kier molecular flexibility index (Phi) is 5.49.